The van der Waals surface area contributed by atoms with Gasteiger partial charge in [-0.2, -0.15) is 0 Å². The number of nitrogens with one attached hydrogen (secondary N) is 1. The molecule has 3 N–H and O–H groups in total. The molecule has 1 saturated heterocycles. The molecule has 0 spiro atoms. The number of rotatable bonds is 11. The minimum Gasteiger partial charge on any atom is -0.493 e. The lowest BCUT2D eigenvalue weighted by Crippen LogP contribution is -2.41. The fourth-order valence-electron chi connectivity index (χ4n) is 3.58. The van der Waals surface area contributed by atoms with Crippen molar-refractivity contribution in [2.24, 2.45) is 0 Å². The number of aromatic nitrogens is 1. The first-order valence-corrected chi connectivity index (χ1v) is 11.9. The molecule has 1 atom stereocenters. The quantitative estimate of drug-likeness (QED) is 0.486. The van der Waals surface area contributed by atoms with Crippen molar-refractivity contribution in [3.05, 3.63) is 39.8 Å². The fraction of sp³-hybridized carbons (Fsp3) is 0.609. The molecule has 1 unspecified atom stereocenters. The Morgan fingerprint density at radius 3 is 2.68 bits per heavy atom. The highest BCUT2D eigenvalue weighted by Crippen LogP contribution is 2.28. The summed E-state index contributed by atoms with van der Waals surface area (Å²) in [6, 6.07) is 5.85. The molecule has 31 heavy (non-hydrogen) atoms. The zero-order valence-electron chi connectivity index (χ0n) is 18.7. The van der Waals surface area contributed by atoms with E-state index in [2.05, 4.69) is 34.4 Å². The average Bonchev–Trinajstić information content (AvgIpc) is 3.23. The van der Waals surface area contributed by atoms with Crippen molar-refractivity contribution in [3.8, 4) is 11.5 Å². The van der Waals surface area contributed by atoms with Gasteiger partial charge in [-0.25, -0.2) is 4.98 Å². The maximum absolute atomic E-state index is 10.3. The van der Waals surface area contributed by atoms with E-state index < -0.39 is 6.10 Å². The monoisotopic (exact) mass is 449 g/mol. The van der Waals surface area contributed by atoms with Gasteiger partial charge in [0.2, 0.25) is 0 Å². The van der Waals surface area contributed by atoms with E-state index in [1.807, 2.05) is 18.2 Å². The number of nitrogens with zero attached hydrogens (tertiary/aromatic N) is 2. The van der Waals surface area contributed by atoms with Crippen LogP contribution >= 0.6 is 11.3 Å². The molecule has 0 aliphatic carbocycles. The summed E-state index contributed by atoms with van der Waals surface area (Å²) in [7, 11) is 1.62. The van der Waals surface area contributed by atoms with Gasteiger partial charge in [0.25, 0.3) is 0 Å². The van der Waals surface area contributed by atoms with Crippen LogP contribution in [0.2, 0.25) is 0 Å². The van der Waals surface area contributed by atoms with Crippen LogP contribution in [0.15, 0.2) is 23.6 Å². The van der Waals surface area contributed by atoms with E-state index in [1.54, 1.807) is 18.4 Å². The van der Waals surface area contributed by atoms with E-state index in [4.69, 9.17) is 9.47 Å². The number of aliphatic hydroxyl groups is 2. The highest BCUT2D eigenvalue weighted by molar-refractivity contribution is 7.09. The largest absolute Gasteiger partial charge is 0.493 e. The van der Waals surface area contributed by atoms with Crippen LogP contribution in [0.1, 0.15) is 48.9 Å². The SMILES string of the molecule is COc1cc(CNCc2csc(C(C)C)n2)ccc1OCC(O)CN1CCC(O)CC1. The van der Waals surface area contributed by atoms with Crippen LogP contribution in [0.4, 0.5) is 0 Å². The number of hydrogen-bond acceptors (Lipinski definition) is 8. The highest BCUT2D eigenvalue weighted by Gasteiger charge is 2.20. The van der Waals surface area contributed by atoms with Crippen LogP contribution in [-0.2, 0) is 13.1 Å². The minimum absolute atomic E-state index is 0.203. The van der Waals surface area contributed by atoms with Crippen molar-refractivity contribution in [1.82, 2.24) is 15.2 Å². The fourth-order valence-corrected chi connectivity index (χ4v) is 4.42. The number of benzene rings is 1. The predicted octanol–water partition coefficient (Wildman–Crippen LogP) is 2.76. The van der Waals surface area contributed by atoms with Gasteiger partial charge in [-0.05, 0) is 30.5 Å². The van der Waals surface area contributed by atoms with Gasteiger partial charge < -0.3 is 29.9 Å². The van der Waals surface area contributed by atoms with Crippen molar-refractivity contribution in [2.45, 2.75) is 57.9 Å². The Labute approximate surface area is 189 Å². The van der Waals surface area contributed by atoms with Gasteiger partial charge >= 0.3 is 0 Å². The molecule has 1 aromatic heterocycles. The maximum Gasteiger partial charge on any atom is 0.161 e. The van der Waals surface area contributed by atoms with Crippen molar-refractivity contribution < 1.29 is 19.7 Å². The molecule has 1 aliphatic heterocycles. The number of thiazole rings is 1. The first-order chi connectivity index (χ1) is 14.9. The lowest BCUT2D eigenvalue weighted by atomic mass is 10.1. The Bertz CT molecular complexity index is 806. The highest BCUT2D eigenvalue weighted by atomic mass is 32.1. The summed E-state index contributed by atoms with van der Waals surface area (Å²) in [6.07, 6.45) is 0.729. The Kier molecular flexibility index (Phi) is 9.10. The zero-order valence-corrected chi connectivity index (χ0v) is 19.5. The molecular formula is C23H35N3O4S. The first-order valence-electron chi connectivity index (χ1n) is 11.0. The molecule has 8 heteroatoms. The average molecular weight is 450 g/mol. The third kappa shape index (κ3) is 7.43. The molecular weight excluding hydrogens is 414 g/mol. The van der Waals surface area contributed by atoms with Gasteiger partial charge in [-0.1, -0.05) is 19.9 Å². The second-order valence-electron chi connectivity index (χ2n) is 8.42. The van der Waals surface area contributed by atoms with Crippen LogP contribution in [0.25, 0.3) is 0 Å². The van der Waals surface area contributed by atoms with Crippen LogP contribution < -0.4 is 14.8 Å². The van der Waals surface area contributed by atoms with E-state index in [0.717, 1.165) is 43.7 Å². The topological polar surface area (TPSA) is 87.1 Å². The second-order valence-corrected chi connectivity index (χ2v) is 9.31. The smallest absolute Gasteiger partial charge is 0.161 e. The molecule has 0 amide bonds. The molecule has 0 bridgehead atoms. The Morgan fingerprint density at radius 2 is 2.00 bits per heavy atom. The number of β-amino-alcohol motifs (C(OH)–C–C–N with tert-alkyl or cyclic N) is 1. The molecule has 2 aromatic rings. The van der Waals surface area contributed by atoms with E-state index in [-0.39, 0.29) is 12.7 Å². The van der Waals surface area contributed by atoms with Crippen LogP contribution in [0.3, 0.4) is 0 Å². The molecule has 7 nitrogen and oxygen atoms in total. The van der Waals surface area contributed by atoms with Gasteiger partial charge in [-0.3, -0.25) is 0 Å². The van der Waals surface area contributed by atoms with Crippen molar-refractivity contribution in [3.63, 3.8) is 0 Å². The van der Waals surface area contributed by atoms with Crippen molar-refractivity contribution in [1.29, 1.82) is 0 Å². The second kappa shape index (κ2) is 11.8. The minimum atomic E-state index is -0.588. The van der Waals surface area contributed by atoms with E-state index in [1.165, 1.54) is 5.01 Å². The normalized spacial score (nSPS) is 16.6. The van der Waals surface area contributed by atoms with Gasteiger partial charge in [0, 0.05) is 44.0 Å². The van der Waals surface area contributed by atoms with Crippen molar-refractivity contribution >= 4 is 11.3 Å². The predicted molar refractivity (Wildman–Crippen MR) is 123 cm³/mol. The molecule has 2 heterocycles. The standard InChI is InChI=1S/C23H35N3O4S/c1-16(2)23-25-18(15-31-23)12-24-11-17-4-5-21(22(10-17)29-3)30-14-20(28)13-26-8-6-19(27)7-9-26/h4-5,10,15-16,19-20,24,27-28H,6-9,11-14H2,1-3H3. The molecule has 3 rings (SSSR count). The van der Waals surface area contributed by atoms with Gasteiger partial charge in [0.1, 0.15) is 12.7 Å². The lowest BCUT2D eigenvalue weighted by molar-refractivity contribution is 0.0333. The van der Waals surface area contributed by atoms with Crippen LogP contribution in [0.5, 0.6) is 11.5 Å². The Hall–Kier alpha value is -1.71. The first kappa shape index (κ1) is 23.9. The Morgan fingerprint density at radius 1 is 1.23 bits per heavy atom. The number of hydrogen-bond donors (Lipinski definition) is 3. The summed E-state index contributed by atoms with van der Waals surface area (Å²) in [5, 5.41) is 26.6. The number of likely N-dealkylation sites (tertiary alicyclic amines) is 1. The number of aliphatic hydroxyl groups excluding tert-OH is 2. The maximum atomic E-state index is 10.3. The molecule has 0 radical (unpaired) electrons. The molecule has 1 aromatic carbocycles. The number of piperidine rings is 1. The number of ether oxygens (including phenoxy) is 2. The van der Waals surface area contributed by atoms with Gasteiger partial charge in [-0.15, -0.1) is 11.3 Å². The van der Waals surface area contributed by atoms with Gasteiger partial charge in [0.05, 0.1) is 23.9 Å². The summed E-state index contributed by atoms with van der Waals surface area (Å²) in [6.45, 7) is 8.11. The third-order valence-corrected chi connectivity index (χ3v) is 6.58. The van der Waals surface area contributed by atoms with Gasteiger partial charge in [0.15, 0.2) is 11.5 Å². The summed E-state index contributed by atoms with van der Waals surface area (Å²) < 4.78 is 11.3. The molecule has 0 saturated carbocycles. The van der Waals surface area contributed by atoms with Crippen molar-refractivity contribution in [2.75, 3.05) is 33.4 Å². The van der Waals surface area contributed by atoms with E-state index >= 15 is 0 Å². The summed E-state index contributed by atoms with van der Waals surface area (Å²) >= 11 is 1.71. The molecule has 172 valence electrons. The van der Waals surface area contributed by atoms with E-state index in [0.29, 0.717) is 30.5 Å². The lowest BCUT2D eigenvalue weighted by Gasteiger charge is -2.30. The van der Waals surface area contributed by atoms with Crippen LogP contribution in [-0.4, -0.2) is 65.7 Å². The summed E-state index contributed by atoms with van der Waals surface area (Å²) in [5.74, 6) is 1.74. The number of methoxy groups -OCH3 is 1. The zero-order chi connectivity index (χ0) is 22.2. The van der Waals surface area contributed by atoms with Crippen LogP contribution in [0, 0.1) is 0 Å². The molecule has 1 aliphatic rings. The third-order valence-electron chi connectivity index (χ3n) is 5.38. The van der Waals surface area contributed by atoms with E-state index in [9.17, 15) is 10.2 Å². The molecule has 1 fully saturated rings. The summed E-state index contributed by atoms with van der Waals surface area (Å²) in [4.78, 5) is 6.81. The Balaban J connectivity index is 1.45. The summed E-state index contributed by atoms with van der Waals surface area (Å²) in [5.41, 5.74) is 2.16.